The van der Waals surface area contributed by atoms with Gasteiger partial charge in [0.25, 0.3) is 5.91 Å². The number of para-hydroxylation sites is 1. The average Bonchev–Trinajstić information content (AvgIpc) is 3.47. The standard InChI is InChI=1S/C23H26N4O3/c1-2-21-20(16-25-27(21)18-7-4-3-5-8-18)23(29)26-12-10-17(11-13-26)22(28)24-15-19-9-6-14-30-19/h3-9,14,16-17H,2,10-13,15H2,1H3,(H,24,28). The van der Waals surface area contributed by atoms with Gasteiger partial charge in [-0.15, -0.1) is 0 Å². The summed E-state index contributed by atoms with van der Waals surface area (Å²) in [5.41, 5.74) is 2.49. The predicted molar refractivity (Wildman–Crippen MR) is 112 cm³/mol. The van der Waals surface area contributed by atoms with E-state index in [1.807, 2.05) is 52.9 Å². The van der Waals surface area contributed by atoms with E-state index in [4.69, 9.17) is 4.42 Å². The minimum absolute atomic E-state index is 0.0107. The van der Waals surface area contributed by atoms with E-state index in [9.17, 15) is 9.59 Å². The molecular weight excluding hydrogens is 380 g/mol. The van der Waals surface area contributed by atoms with Crippen LogP contribution in [-0.4, -0.2) is 39.6 Å². The van der Waals surface area contributed by atoms with Gasteiger partial charge in [0.2, 0.25) is 5.91 Å². The smallest absolute Gasteiger partial charge is 0.257 e. The van der Waals surface area contributed by atoms with Crippen LogP contribution < -0.4 is 5.32 Å². The highest BCUT2D eigenvalue weighted by molar-refractivity contribution is 5.95. The van der Waals surface area contributed by atoms with Gasteiger partial charge in [-0.3, -0.25) is 9.59 Å². The van der Waals surface area contributed by atoms with Crippen molar-refractivity contribution in [2.45, 2.75) is 32.7 Å². The van der Waals surface area contributed by atoms with Crippen LogP contribution in [0.1, 0.15) is 41.6 Å². The van der Waals surface area contributed by atoms with Crippen LogP contribution in [0.3, 0.4) is 0 Å². The number of nitrogens with one attached hydrogen (secondary N) is 1. The number of aromatic nitrogens is 2. The number of carbonyl (C=O) groups is 2. The third-order valence-corrected chi connectivity index (χ3v) is 5.60. The average molecular weight is 406 g/mol. The summed E-state index contributed by atoms with van der Waals surface area (Å²) in [6.07, 6.45) is 5.28. The first-order chi connectivity index (χ1) is 14.7. The summed E-state index contributed by atoms with van der Waals surface area (Å²) in [7, 11) is 0. The molecule has 1 saturated heterocycles. The fraction of sp³-hybridized carbons (Fsp3) is 0.348. The molecular formula is C23H26N4O3. The van der Waals surface area contributed by atoms with Crippen LogP contribution in [0, 0.1) is 5.92 Å². The molecule has 1 fully saturated rings. The van der Waals surface area contributed by atoms with Gasteiger partial charge in [0.05, 0.1) is 35.9 Å². The highest BCUT2D eigenvalue weighted by Crippen LogP contribution is 2.22. The van der Waals surface area contributed by atoms with Crippen molar-refractivity contribution in [3.05, 3.63) is 71.9 Å². The van der Waals surface area contributed by atoms with E-state index in [-0.39, 0.29) is 17.7 Å². The van der Waals surface area contributed by atoms with E-state index in [1.54, 1.807) is 18.5 Å². The van der Waals surface area contributed by atoms with E-state index < -0.39 is 0 Å². The third kappa shape index (κ3) is 4.15. The summed E-state index contributed by atoms with van der Waals surface area (Å²) in [5, 5.41) is 7.38. The third-order valence-electron chi connectivity index (χ3n) is 5.60. The number of benzene rings is 1. The molecule has 0 radical (unpaired) electrons. The number of amides is 2. The Balaban J connectivity index is 1.37. The second-order valence-corrected chi connectivity index (χ2v) is 7.47. The van der Waals surface area contributed by atoms with Gasteiger partial charge in [0.1, 0.15) is 5.76 Å². The zero-order valence-corrected chi connectivity index (χ0v) is 17.1. The van der Waals surface area contributed by atoms with Crippen molar-refractivity contribution in [3.63, 3.8) is 0 Å². The Hall–Kier alpha value is -3.35. The summed E-state index contributed by atoms with van der Waals surface area (Å²) in [4.78, 5) is 27.4. The van der Waals surface area contributed by atoms with Crippen molar-refractivity contribution in [2.75, 3.05) is 13.1 Å². The molecule has 0 atom stereocenters. The number of likely N-dealkylation sites (tertiary alicyclic amines) is 1. The van der Waals surface area contributed by atoms with E-state index in [2.05, 4.69) is 10.4 Å². The lowest BCUT2D eigenvalue weighted by Crippen LogP contribution is -2.43. The first kappa shape index (κ1) is 19.9. The molecule has 0 saturated carbocycles. The first-order valence-corrected chi connectivity index (χ1v) is 10.4. The highest BCUT2D eigenvalue weighted by Gasteiger charge is 2.29. The van der Waals surface area contributed by atoms with Gasteiger partial charge in [0, 0.05) is 19.0 Å². The molecule has 0 unspecified atom stereocenters. The van der Waals surface area contributed by atoms with E-state index >= 15 is 0 Å². The van der Waals surface area contributed by atoms with Crippen LogP contribution in [-0.2, 0) is 17.8 Å². The number of hydrogen-bond donors (Lipinski definition) is 1. The molecule has 3 aromatic rings. The minimum atomic E-state index is -0.0818. The molecule has 4 rings (SSSR count). The van der Waals surface area contributed by atoms with Gasteiger partial charge in [-0.05, 0) is 43.5 Å². The highest BCUT2D eigenvalue weighted by atomic mass is 16.3. The quantitative estimate of drug-likeness (QED) is 0.682. The molecule has 156 valence electrons. The molecule has 3 heterocycles. The largest absolute Gasteiger partial charge is 0.467 e. The zero-order valence-electron chi connectivity index (χ0n) is 17.1. The maximum Gasteiger partial charge on any atom is 0.257 e. The van der Waals surface area contributed by atoms with Crippen LogP contribution in [0.15, 0.2) is 59.3 Å². The predicted octanol–water partition coefficient (Wildman–Crippen LogP) is 3.20. The van der Waals surface area contributed by atoms with Crippen molar-refractivity contribution in [1.82, 2.24) is 20.0 Å². The summed E-state index contributed by atoms with van der Waals surface area (Å²) < 4.78 is 7.08. The Morgan fingerprint density at radius 2 is 1.90 bits per heavy atom. The van der Waals surface area contributed by atoms with Crippen molar-refractivity contribution < 1.29 is 14.0 Å². The molecule has 0 aliphatic carbocycles. The van der Waals surface area contributed by atoms with Gasteiger partial charge in [0.15, 0.2) is 0 Å². The Bertz CT molecular complexity index is 987. The Labute approximate surface area is 175 Å². The van der Waals surface area contributed by atoms with E-state index in [0.29, 0.717) is 44.5 Å². The molecule has 1 aliphatic heterocycles. The molecule has 7 heteroatoms. The van der Waals surface area contributed by atoms with Crippen LogP contribution in [0.5, 0.6) is 0 Å². The summed E-state index contributed by atoms with van der Waals surface area (Å²) in [6.45, 7) is 3.56. The number of nitrogens with zero attached hydrogens (tertiary/aromatic N) is 3. The maximum absolute atomic E-state index is 13.1. The monoisotopic (exact) mass is 406 g/mol. The number of carbonyl (C=O) groups excluding carboxylic acids is 2. The fourth-order valence-electron chi connectivity index (χ4n) is 3.93. The molecule has 7 nitrogen and oxygen atoms in total. The normalized spacial score (nSPS) is 14.6. The van der Waals surface area contributed by atoms with Crippen molar-refractivity contribution >= 4 is 11.8 Å². The topological polar surface area (TPSA) is 80.4 Å². The zero-order chi connectivity index (χ0) is 20.9. The number of hydrogen-bond acceptors (Lipinski definition) is 4. The molecule has 2 aromatic heterocycles. The molecule has 2 amide bonds. The number of piperidine rings is 1. The Morgan fingerprint density at radius 3 is 2.57 bits per heavy atom. The summed E-state index contributed by atoms with van der Waals surface area (Å²) in [6, 6.07) is 13.5. The van der Waals surface area contributed by atoms with Crippen molar-refractivity contribution in [3.8, 4) is 5.69 Å². The van der Waals surface area contributed by atoms with Gasteiger partial charge in [-0.2, -0.15) is 5.10 Å². The SMILES string of the molecule is CCc1c(C(=O)N2CCC(C(=O)NCc3ccco3)CC2)cnn1-c1ccccc1. The minimum Gasteiger partial charge on any atom is -0.467 e. The molecule has 1 aliphatic rings. The van der Waals surface area contributed by atoms with Crippen LogP contribution in [0.2, 0.25) is 0 Å². The number of rotatable bonds is 6. The van der Waals surface area contributed by atoms with Gasteiger partial charge in [-0.25, -0.2) is 4.68 Å². The van der Waals surface area contributed by atoms with Gasteiger partial charge >= 0.3 is 0 Å². The lowest BCUT2D eigenvalue weighted by molar-refractivity contribution is -0.126. The lowest BCUT2D eigenvalue weighted by Gasteiger charge is -2.31. The van der Waals surface area contributed by atoms with Gasteiger partial charge in [-0.1, -0.05) is 25.1 Å². The second-order valence-electron chi connectivity index (χ2n) is 7.47. The molecule has 1 aromatic carbocycles. The Kier molecular flexibility index (Phi) is 5.97. The maximum atomic E-state index is 13.1. The molecule has 0 bridgehead atoms. The summed E-state index contributed by atoms with van der Waals surface area (Å²) in [5.74, 6) is 0.660. The second kappa shape index (κ2) is 8.98. The van der Waals surface area contributed by atoms with E-state index in [1.165, 1.54) is 0 Å². The molecule has 30 heavy (non-hydrogen) atoms. The lowest BCUT2D eigenvalue weighted by atomic mass is 9.95. The van der Waals surface area contributed by atoms with Crippen molar-refractivity contribution in [1.29, 1.82) is 0 Å². The number of furan rings is 1. The van der Waals surface area contributed by atoms with Crippen LogP contribution in [0.25, 0.3) is 5.69 Å². The first-order valence-electron chi connectivity index (χ1n) is 10.4. The van der Waals surface area contributed by atoms with Gasteiger partial charge < -0.3 is 14.6 Å². The fourth-order valence-corrected chi connectivity index (χ4v) is 3.93. The molecule has 1 N–H and O–H groups in total. The van der Waals surface area contributed by atoms with Crippen LogP contribution in [0.4, 0.5) is 0 Å². The van der Waals surface area contributed by atoms with Crippen molar-refractivity contribution in [2.24, 2.45) is 5.92 Å². The van der Waals surface area contributed by atoms with Crippen LogP contribution >= 0.6 is 0 Å². The molecule has 0 spiro atoms. The van der Waals surface area contributed by atoms with E-state index in [0.717, 1.165) is 17.1 Å². The Morgan fingerprint density at radius 1 is 1.13 bits per heavy atom. The summed E-state index contributed by atoms with van der Waals surface area (Å²) >= 11 is 0.